The van der Waals surface area contributed by atoms with Gasteiger partial charge in [-0.2, -0.15) is 0 Å². The molecule has 2 N–H and O–H groups in total. The van der Waals surface area contributed by atoms with E-state index in [1.807, 2.05) is 0 Å². The van der Waals surface area contributed by atoms with Crippen molar-refractivity contribution in [3.63, 3.8) is 0 Å². The van der Waals surface area contributed by atoms with Crippen LogP contribution in [0.2, 0.25) is 5.02 Å². The lowest BCUT2D eigenvalue weighted by Crippen LogP contribution is -2.33. The van der Waals surface area contributed by atoms with Crippen LogP contribution < -0.4 is 10.9 Å². The zero-order chi connectivity index (χ0) is 19.9. The van der Waals surface area contributed by atoms with Crippen molar-refractivity contribution in [2.45, 2.75) is 26.8 Å². The first-order valence-electron chi connectivity index (χ1n) is 8.19. The van der Waals surface area contributed by atoms with Crippen molar-refractivity contribution in [2.75, 3.05) is 0 Å². The van der Waals surface area contributed by atoms with Gasteiger partial charge in [0, 0.05) is 0 Å². The van der Waals surface area contributed by atoms with Crippen LogP contribution in [0.4, 0.5) is 9.18 Å². The number of nitrogens with one attached hydrogen (secondary N) is 1. The molecule has 0 bridgehead atoms. The monoisotopic (exact) mass is 389 g/mol. The zero-order valence-corrected chi connectivity index (χ0v) is 15.6. The van der Waals surface area contributed by atoms with Gasteiger partial charge in [-0.15, -0.1) is 0 Å². The van der Waals surface area contributed by atoms with Gasteiger partial charge in [0.1, 0.15) is 11.6 Å². The SMILES string of the molecule is Cc1c(F)ccc(-n2c(C(C)NC(=O)O)nc3cccc(Cl)c3c2=O)c1C. The molecule has 1 amide bonds. The van der Waals surface area contributed by atoms with E-state index in [2.05, 4.69) is 10.3 Å². The highest BCUT2D eigenvalue weighted by Crippen LogP contribution is 2.25. The summed E-state index contributed by atoms with van der Waals surface area (Å²) >= 11 is 6.21. The first-order valence-corrected chi connectivity index (χ1v) is 8.57. The summed E-state index contributed by atoms with van der Waals surface area (Å²) in [5.74, 6) is -0.208. The molecule has 27 heavy (non-hydrogen) atoms. The molecule has 6 nitrogen and oxygen atoms in total. The van der Waals surface area contributed by atoms with Crippen LogP contribution in [0, 0.1) is 19.7 Å². The maximum absolute atomic E-state index is 13.9. The number of hydrogen-bond donors (Lipinski definition) is 2. The number of hydrogen-bond acceptors (Lipinski definition) is 3. The standard InChI is InChI=1S/C19H17ClFN3O3/c1-9-10(2)15(8-7-13(9)21)24-17(11(3)22-19(26)27)23-14-6-4-5-12(20)16(14)18(24)25/h4-8,11,22H,1-3H3,(H,26,27). The Morgan fingerprint density at radius 1 is 1.26 bits per heavy atom. The topological polar surface area (TPSA) is 84.2 Å². The number of aromatic nitrogens is 2. The maximum Gasteiger partial charge on any atom is 0.405 e. The molecule has 2 aromatic carbocycles. The van der Waals surface area contributed by atoms with Gasteiger partial charge in [0.25, 0.3) is 5.56 Å². The van der Waals surface area contributed by atoms with E-state index in [-0.39, 0.29) is 16.2 Å². The van der Waals surface area contributed by atoms with Gasteiger partial charge in [-0.3, -0.25) is 9.36 Å². The van der Waals surface area contributed by atoms with E-state index in [9.17, 15) is 14.0 Å². The van der Waals surface area contributed by atoms with Gasteiger partial charge in [-0.05, 0) is 56.2 Å². The lowest BCUT2D eigenvalue weighted by molar-refractivity contribution is 0.190. The van der Waals surface area contributed by atoms with Crippen molar-refractivity contribution >= 4 is 28.6 Å². The summed E-state index contributed by atoms with van der Waals surface area (Å²) in [5, 5.41) is 11.8. The number of nitrogens with zero attached hydrogens (tertiary/aromatic N) is 2. The van der Waals surface area contributed by atoms with Crippen LogP contribution in [0.15, 0.2) is 35.1 Å². The second-order valence-electron chi connectivity index (χ2n) is 6.23. The van der Waals surface area contributed by atoms with E-state index < -0.39 is 23.5 Å². The summed E-state index contributed by atoms with van der Waals surface area (Å²) in [4.78, 5) is 28.9. The fourth-order valence-electron chi connectivity index (χ4n) is 3.00. The molecule has 0 saturated heterocycles. The average Bonchev–Trinajstić information content (AvgIpc) is 2.60. The third kappa shape index (κ3) is 3.26. The minimum atomic E-state index is -1.25. The number of amides is 1. The maximum atomic E-state index is 13.9. The Hall–Kier alpha value is -2.93. The van der Waals surface area contributed by atoms with E-state index in [1.54, 1.807) is 39.0 Å². The molecular weight excluding hydrogens is 373 g/mol. The number of benzene rings is 2. The Balaban J connectivity index is 2.44. The van der Waals surface area contributed by atoms with E-state index in [0.717, 1.165) is 0 Å². The van der Waals surface area contributed by atoms with Crippen LogP contribution in [0.1, 0.15) is 29.9 Å². The smallest absolute Gasteiger partial charge is 0.405 e. The molecule has 1 atom stereocenters. The quantitative estimate of drug-likeness (QED) is 0.705. The van der Waals surface area contributed by atoms with Gasteiger partial charge in [-0.1, -0.05) is 17.7 Å². The van der Waals surface area contributed by atoms with E-state index in [1.165, 1.54) is 16.7 Å². The normalized spacial score (nSPS) is 12.2. The van der Waals surface area contributed by atoms with Crippen molar-refractivity contribution in [1.29, 1.82) is 0 Å². The highest BCUT2D eigenvalue weighted by molar-refractivity contribution is 6.35. The average molecular weight is 390 g/mol. The van der Waals surface area contributed by atoms with Crippen molar-refractivity contribution in [1.82, 2.24) is 14.9 Å². The molecule has 3 rings (SSSR count). The van der Waals surface area contributed by atoms with Crippen molar-refractivity contribution in [3.8, 4) is 5.69 Å². The fourth-order valence-corrected chi connectivity index (χ4v) is 3.25. The summed E-state index contributed by atoms with van der Waals surface area (Å²) in [6.45, 7) is 4.88. The predicted molar refractivity (Wildman–Crippen MR) is 101 cm³/mol. The molecule has 0 aliphatic carbocycles. The largest absolute Gasteiger partial charge is 0.465 e. The number of halogens is 2. The van der Waals surface area contributed by atoms with Gasteiger partial charge < -0.3 is 10.4 Å². The van der Waals surface area contributed by atoms with Gasteiger partial charge in [0.2, 0.25) is 0 Å². The lowest BCUT2D eigenvalue weighted by Gasteiger charge is -2.20. The minimum Gasteiger partial charge on any atom is -0.465 e. The second kappa shape index (κ2) is 7.00. The molecule has 0 aliphatic heterocycles. The summed E-state index contributed by atoms with van der Waals surface area (Å²) < 4.78 is 15.2. The Bertz CT molecular complexity index is 1130. The molecule has 140 valence electrons. The van der Waals surface area contributed by atoms with Crippen LogP contribution in [0.5, 0.6) is 0 Å². The van der Waals surface area contributed by atoms with E-state index >= 15 is 0 Å². The third-order valence-corrected chi connectivity index (χ3v) is 4.85. The van der Waals surface area contributed by atoms with Gasteiger partial charge in [0.05, 0.1) is 27.7 Å². The van der Waals surface area contributed by atoms with Crippen molar-refractivity contribution < 1.29 is 14.3 Å². The fraction of sp³-hybridized carbons (Fsp3) is 0.211. The van der Waals surface area contributed by atoms with E-state index in [0.29, 0.717) is 22.3 Å². The van der Waals surface area contributed by atoms with Crippen LogP contribution in [0.3, 0.4) is 0 Å². The zero-order valence-electron chi connectivity index (χ0n) is 14.9. The van der Waals surface area contributed by atoms with Gasteiger partial charge in [0.15, 0.2) is 0 Å². The number of fused-ring (bicyclic) bond motifs is 1. The molecule has 1 aromatic heterocycles. The first-order chi connectivity index (χ1) is 12.7. The Labute approximate surface area is 159 Å². The highest BCUT2D eigenvalue weighted by atomic mass is 35.5. The Morgan fingerprint density at radius 2 is 1.96 bits per heavy atom. The summed E-state index contributed by atoms with van der Waals surface area (Å²) in [7, 11) is 0. The molecular formula is C19H17ClFN3O3. The predicted octanol–water partition coefficient (Wildman–Crippen LogP) is 4.12. The minimum absolute atomic E-state index is 0.186. The van der Waals surface area contributed by atoms with Crippen molar-refractivity contribution in [2.24, 2.45) is 0 Å². The molecule has 0 saturated carbocycles. The van der Waals surface area contributed by atoms with Crippen LogP contribution in [-0.4, -0.2) is 20.8 Å². The molecule has 0 spiro atoms. The second-order valence-corrected chi connectivity index (χ2v) is 6.64. The Kier molecular flexibility index (Phi) is 4.89. The van der Waals surface area contributed by atoms with Crippen LogP contribution in [-0.2, 0) is 0 Å². The van der Waals surface area contributed by atoms with Gasteiger partial charge >= 0.3 is 6.09 Å². The molecule has 0 radical (unpaired) electrons. The molecule has 0 fully saturated rings. The highest BCUT2D eigenvalue weighted by Gasteiger charge is 2.22. The van der Waals surface area contributed by atoms with Gasteiger partial charge in [-0.25, -0.2) is 14.2 Å². The van der Waals surface area contributed by atoms with Crippen molar-refractivity contribution in [3.05, 3.63) is 68.5 Å². The summed E-state index contributed by atoms with van der Waals surface area (Å²) in [5.41, 5.74) is 1.27. The summed E-state index contributed by atoms with van der Waals surface area (Å²) in [6, 6.07) is 6.82. The molecule has 8 heteroatoms. The van der Waals surface area contributed by atoms with E-state index in [4.69, 9.17) is 16.7 Å². The Morgan fingerprint density at radius 3 is 2.63 bits per heavy atom. The first kappa shape index (κ1) is 18.8. The van der Waals surface area contributed by atoms with Crippen LogP contribution >= 0.6 is 11.6 Å². The third-order valence-electron chi connectivity index (χ3n) is 4.53. The molecule has 3 aromatic rings. The van der Waals surface area contributed by atoms with Crippen LogP contribution in [0.25, 0.3) is 16.6 Å². The number of rotatable bonds is 3. The molecule has 1 heterocycles. The molecule has 0 aliphatic rings. The number of carbonyl (C=O) groups is 1. The molecule has 1 unspecified atom stereocenters. The summed E-state index contributed by atoms with van der Waals surface area (Å²) in [6.07, 6.45) is -1.25. The lowest BCUT2D eigenvalue weighted by atomic mass is 10.1. The number of carboxylic acid groups (broad SMARTS) is 1.